The summed E-state index contributed by atoms with van der Waals surface area (Å²) in [4.78, 5) is 11.5. The van der Waals surface area contributed by atoms with E-state index in [1.54, 1.807) is 0 Å². The molecule has 0 aliphatic heterocycles. The number of carbonyl (C=O) groups is 1. The molecule has 0 heterocycles. The molecule has 1 atom stereocenters. The van der Waals surface area contributed by atoms with E-state index in [0.717, 1.165) is 12.1 Å². The van der Waals surface area contributed by atoms with Crippen molar-refractivity contribution < 1.29 is 18.0 Å². The third-order valence-electron chi connectivity index (χ3n) is 2.58. The van der Waals surface area contributed by atoms with E-state index in [1.807, 2.05) is 0 Å². The lowest BCUT2D eigenvalue weighted by atomic mass is 10.00. The topological polar surface area (TPSA) is 53.0 Å². The van der Waals surface area contributed by atoms with E-state index in [0.29, 0.717) is 5.69 Å². The normalized spacial score (nSPS) is 12.7. The lowest BCUT2D eigenvalue weighted by Gasteiger charge is -2.16. The van der Waals surface area contributed by atoms with E-state index in [1.165, 1.54) is 26.0 Å². The summed E-state index contributed by atoms with van der Waals surface area (Å²) in [7, 11) is 0. The molecule has 1 unspecified atom stereocenters. The molecule has 0 saturated carbocycles. The SMILES string of the molecule is CC(=N)C(C(C)=O)C(=S)Nc1ccc(C(F)(F)F)cc1. The van der Waals surface area contributed by atoms with E-state index in [4.69, 9.17) is 17.6 Å². The maximum atomic E-state index is 12.4. The molecule has 0 aromatic heterocycles. The number of alkyl halides is 3. The fraction of sp³-hybridized carbons (Fsp3) is 0.308. The van der Waals surface area contributed by atoms with Crippen LogP contribution in [0.2, 0.25) is 0 Å². The second-order valence-corrected chi connectivity index (χ2v) is 4.73. The van der Waals surface area contributed by atoms with Gasteiger partial charge in [-0.15, -0.1) is 0 Å². The predicted octanol–water partition coefficient (Wildman–Crippen LogP) is 3.69. The average Bonchev–Trinajstić information content (AvgIpc) is 2.26. The van der Waals surface area contributed by atoms with E-state index in [9.17, 15) is 18.0 Å². The second kappa shape index (κ2) is 6.13. The second-order valence-electron chi connectivity index (χ2n) is 4.29. The van der Waals surface area contributed by atoms with Crippen LogP contribution < -0.4 is 5.32 Å². The predicted molar refractivity (Wildman–Crippen MR) is 75.2 cm³/mol. The lowest BCUT2D eigenvalue weighted by molar-refractivity contribution is -0.137. The monoisotopic (exact) mass is 302 g/mol. The van der Waals surface area contributed by atoms with Gasteiger partial charge in [0.15, 0.2) is 0 Å². The zero-order valence-electron chi connectivity index (χ0n) is 10.8. The Kier molecular flexibility index (Phi) is 4.99. The maximum Gasteiger partial charge on any atom is 0.416 e. The van der Waals surface area contributed by atoms with Gasteiger partial charge in [0.1, 0.15) is 11.7 Å². The van der Waals surface area contributed by atoms with Crippen LogP contribution in [0.1, 0.15) is 19.4 Å². The van der Waals surface area contributed by atoms with Crippen molar-refractivity contribution in [2.24, 2.45) is 5.92 Å². The van der Waals surface area contributed by atoms with Crippen molar-refractivity contribution in [2.45, 2.75) is 20.0 Å². The van der Waals surface area contributed by atoms with Crippen molar-refractivity contribution in [2.75, 3.05) is 5.32 Å². The minimum Gasteiger partial charge on any atom is -0.349 e. The van der Waals surface area contributed by atoms with E-state index < -0.39 is 17.7 Å². The number of ketones is 1. The fourth-order valence-corrected chi connectivity index (χ4v) is 2.10. The molecule has 1 aromatic carbocycles. The molecule has 0 aliphatic carbocycles. The molecular formula is C13H13F3N2OS. The number of halogens is 3. The van der Waals surface area contributed by atoms with Crippen LogP contribution >= 0.6 is 12.2 Å². The van der Waals surface area contributed by atoms with Crippen LogP contribution in [0.5, 0.6) is 0 Å². The summed E-state index contributed by atoms with van der Waals surface area (Å²) >= 11 is 5.02. The van der Waals surface area contributed by atoms with Gasteiger partial charge in [0.25, 0.3) is 0 Å². The minimum absolute atomic E-state index is 0.0851. The van der Waals surface area contributed by atoms with Crippen molar-refractivity contribution in [3.05, 3.63) is 29.8 Å². The number of Topliss-reactive ketones (excluding diaryl/α,β-unsaturated/α-hetero) is 1. The third-order valence-corrected chi connectivity index (χ3v) is 2.92. The highest BCUT2D eigenvalue weighted by Crippen LogP contribution is 2.29. The molecule has 108 valence electrons. The Morgan fingerprint density at radius 1 is 1.25 bits per heavy atom. The van der Waals surface area contributed by atoms with Crippen LogP contribution in [0.15, 0.2) is 24.3 Å². The van der Waals surface area contributed by atoms with Gasteiger partial charge in [-0.05, 0) is 38.1 Å². The molecule has 7 heteroatoms. The highest BCUT2D eigenvalue weighted by atomic mass is 32.1. The molecule has 1 aromatic rings. The van der Waals surface area contributed by atoms with Gasteiger partial charge in [-0.1, -0.05) is 12.2 Å². The maximum absolute atomic E-state index is 12.4. The van der Waals surface area contributed by atoms with Gasteiger partial charge in [-0.3, -0.25) is 4.79 Å². The van der Waals surface area contributed by atoms with Crippen LogP contribution in [-0.4, -0.2) is 16.5 Å². The molecule has 20 heavy (non-hydrogen) atoms. The standard InChI is InChI=1S/C13H13F3N2OS/c1-7(17)11(8(2)19)12(20)18-10-5-3-9(4-6-10)13(14,15)16/h3-6,11,17H,1-2H3,(H,18,20). The fourth-order valence-electron chi connectivity index (χ4n) is 1.64. The number of hydrogen-bond acceptors (Lipinski definition) is 3. The molecule has 0 spiro atoms. The summed E-state index contributed by atoms with van der Waals surface area (Å²) in [5.74, 6) is -1.14. The number of carbonyl (C=O) groups excluding carboxylic acids is 1. The van der Waals surface area contributed by atoms with E-state index >= 15 is 0 Å². The Hall–Kier alpha value is -1.76. The average molecular weight is 302 g/mol. The van der Waals surface area contributed by atoms with Gasteiger partial charge in [0.05, 0.1) is 10.6 Å². The number of hydrogen-bond donors (Lipinski definition) is 2. The smallest absolute Gasteiger partial charge is 0.349 e. The first-order chi connectivity index (χ1) is 9.12. The molecule has 0 radical (unpaired) electrons. The first kappa shape index (κ1) is 16.3. The van der Waals surface area contributed by atoms with Gasteiger partial charge < -0.3 is 10.7 Å². The summed E-state index contributed by atoms with van der Waals surface area (Å²) < 4.78 is 37.2. The highest BCUT2D eigenvalue weighted by Gasteiger charge is 2.30. The summed E-state index contributed by atoms with van der Waals surface area (Å²) in [6.07, 6.45) is -4.40. The van der Waals surface area contributed by atoms with Crippen molar-refractivity contribution in [1.29, 1.82) is 5.41 Å². The van der Waals surface area contributed by atoms with E-state index in [-0.39, 0.29) is 16.5 Å². The summed E-state index contributed by atoms with van der Waals surface area (Å²) in [6.45, 7) is 2.76. The number of benzene rings is 1. The highest BCUT2D eigenvalue weighted by molar-refractivity contribution is 7.80. The van der Waals surface area contributed by atoms with E-state index in [2.05, 4.69) is 5.32 Å². The molecule has 1 rings (SSSR count). The molecule has 0 saturated heterocycles. The zero-order valence-corrected chi connectivity index (χ0v) is 11.7. The molecule has 0 amide bonds. The first-order valence-corrected chi connectivity index (χ1v) is 6.07. The quantitative estimate of drug-likeness (QED) is 0.659. The molecule has 0 fully saturated rings. The largest absolute Gasteiger partial charge is 0.416 e. The number of anilines is 1. The summed E-state index contributed by atoms with van der Waals surface area (Å²) in [5, 5.41) is 10.2. The third kappa shape index (κ3) is 4.12. The van der Waals surface area contributed by atoms with Gasteiger partial charge in [-0.2, -0.15) is 13.2 Å². The number of nitrogens with one attached hydrogen (secondary N) is 2. The van der Waals surface area contributed by atoms with Crippen LogP contribution in [0.4, 0.5) is 18.9 Å². The minimum atomic E-state index is -4.40. The van der Waals surface area contributed by atoms with Gasteiger partial charge >= 0.3 is 6.18 Å². The van der Waals surface area contributed by atoms with Crippen molar-refractivity contribution in [1.82, 2.24) is 0 Å². The van der Waals surface area contributed by atoms with Gasteiger partial charge in [-0.25, -0.2) is 0 Å². The zero-order chi connectivity index (χ0) is 15.5. The Morgan fingerprint density at radius 2 is 1.75 bits per heavy atom. The van der Waals surface area contributed by atoms with Crippen molar-refractivity contribution in [3.8, 4) is 0 Å². The Labute approximate surface area is 119 Å². The Bertz CT molecular complexity index is 524. The van der Waals surface area contributed by atoms with Crippen LogP contribution in [0.3, 0.4) is 0 Å². The molecule has 2 N–H and O–H groups in total. The van der Waals surface area contributed by atoms with Crippen LogP contribution in [-0.2, 0) is 11.0 Å². The molecule has 0 bridgehead atoms. The molecule has 3 nitrogen and oxygen atoms in total. The number of rotatable bonds is 4. The molecular weight excluding hydrogens is 289 g/mol. The lowest BCUT2D eigenvalue weighted by Crippen LogP contribution is -2.31. The summed E-state index contributed by atoms with van der Waals surface area (Å²) in [6, 6.07) is 4.30. The van der Waals surface area contributed by atoms with Gasteiger partial charge in [0.2, 0.25) is 0 Å². The van der Waals surface area contributed by atoms with Gasteiger partial charge in [0, 0.05) is 11.4 Å². The molecule has 0 aliphatic rings. The Balaban J connectivity index is 2.86. The van der Waals surface area contributed by atoms with Crippen LogP contribution in [0, 0.1) is 11.3 Å². The number of thiocarbonyl (C=S) groups is 1. The Morgan fingerprint density at radius 3 is 2.10 bits per heavy atom. The first-order valence-electron chi connectivity index (χ1n) is 5.66. The van der Waals surface area contributed by atoms with Crippen LogP contribution in [0.25, 0.3) is 0 Å². The summed E-state index contributed by atoms with van der Waals surface area (Å²) in [5.41, 5.74) is -0.335. The van der Waals surface area contributed by atoms with Crippen molar-refractivity contribution >= 4 is 34.4 Å². The van der Waals surface area contributed by atoms with Crippen molar-refractivity contribution in [3.63, 3.8) is 0 Å².